The number of benzene rings is 1. The summed E-state index contributed by atoms with van der Waals surface area (Å²) in [6, 6.07) is 4.94. The van der Waals surface area contributed by atoms with Gasteiger partial charge in [0, 0.05) is 30.6 Å². The SMILES string of the molecule is CC(C)C(N)=NC(=N)/C=C\C(=N)c1sc(C2CCOCC2)nc1-c1ccc(P)cc1F. The van der Waals surface area contributed by atoms with Crippen molar-refractivity contribution in [2.45, 2.75) is 32.6 Å². The second-order valence-corrected chi connectivity index (χ2v) is 9.38. The van der Waals surface area contributed by atoms with Gasteiger partial charge in [0.15, 0.2) is 0 Å². The second-order valence-electron chi connectivity index (χ2n) is 7.68. The average Bonchev–Trinajstić information content (AvgIpc) is 3.17. The highest BCUT2D eigenvalue weighted by molar-refractivity contribution is 7.27. The maximum Gasteiger partial charge on any atom is 0.146 e. The molecule has 1 atom stereocenters. The summed E-state index contributed by atoms with van der Waals surface area (Å²) in [6.45, 7) is 5.14. The molecule has 0 radical (unpaired) electrons. The first-order chi connectivity index (χ1) is 14.8. The molecule has 0 amide bonds. The number of allylic oxidation sites excluding steroid dienone is 1. The minimum Gasteiger partial charge on any atom is -0.387 e. The number of amidine groups is 2. The van der Waals surface area contributed by atoms with E-state index < -0.39 is 0 Å². The number of hydrogen-bond donors (Lipinski definition) is 3. The van der Waals surface area contributed by atoms with Crippen molar-refractivity contribution < 1.29 is 9.13 Å². The topological polar surface area (TPSA) is 108 Å². The summed E-state index contributed by atoms with van der Waals surface area (Å²) in [7, 11) is 2.48. The number of aliphatic imine (C=N–C) groups is 1. The van der Waals surface area contributed by atoms with E-state index >= 15 is 0 Å². The number of rotatable bonds is 6. The molecule has 4 N–H and O–H groups in total. The molecule has 0 bridgehead atoms. The summed E-state index contributed by atoms with van der Waals surface area (Å²) in [6.07, 6.45) is 4.64. The number of halogens is 1. The van der Waals surface area contributed by atoms with Crippen LogP contribution in [0.4, 0.5) is 4.39 Å². The van der Waals surface area contributed by atoms with E-state index in [1.165, 1.54) is 29.6 Å². The van der Waals surface area contributed by atoms with E-state index in [-0.39, 0.29) is 29.2 Å². The van der Waals surface area contributed by atoms with Crippen molar-refractivity contribution in [3.8, 4) is 11.3 Å². The quantitative estimate of drug-likeness (QED) is 0.341. The van der Waals surface area contributed by atoms with E-state index in [4.69, 9.17) is 26.3 Å². The molecule has 0 aliphatic carbocycles. The lowest BCUT2D eigenvalue weighted by molar-refractivity contribution is 0.0853. The van der Waals surface area contributed by atoms with Gasteiger partial charge in [-0.25, -0.2) is 14.4 Å². The number of thiazole rings is 1. The Morgan fingerprint density at radius 1 is 1.32 bits per heavy atom. The van der Waals surface area contributed by atoms with Gasteiger partial charge in [0.05, 0.1) is 21.3 Å². The van der Waals surface area contributed by atoms with Crippen LogP contribution in [0.15, 0.2) is 35.3 Å². The molecule has 0 saturated carbocycles. The third-order valence-corrected chi connectivity index (χ3v) is 6.57. The van der Waals surface area contributed by atoms with Gasteiger partial charge in [-0.2, -0.15) is 0 Å². The molecule has 31 heavy (non-hydrogen) atoms. The molecule has 6 nitrogen and oxygen atoms in total. The molecule has 1 aromatic heterocycles. The lowest BCUT2D eigenvalue weighted by atomic mass is 10.0. The molecule has 0 spiro atoms. The molecule has 1 unspecified atom stereocenters. The van der Waals surface area contributed by atoms with Gasteiger partial charge in [-0.1, -0.05) is 19.9 Å². The van der Waals surface area contributed by atoms with Crippen molar-refractivity contribution in [1.82, 2.24) is 4.98 Å². The van der Waals surface area contributed by atoms with Crippen molar-refractivity contribution in [2.75, 3.05) is 13.2 Å². The normalized spacial score (nSPS) is 15.7. The molecule has 1 saturated heterocycles. The maximum absolute atomic E-state index is 14.7. The Balaban J connectivity index is 1.96. The van der Waals surface area contributed by atoms with E-state index in [1.807, 2.05) is 13.8 Å². The van der Waals surface area contributed by atoms with Gasteiger partial charge in [-0.15, -0.1) is 20.6 Å². The number of hydrogen-bond acceptors (Lipinski definition) is 5. The zero-order valence-electron chi connectivity index (χ0n) is 17.6. The molecular formula is C22H27FN5OPS. The molecule has 3 rings (SSSR count). The van der Waals surface area contributed by atoms with Crippen LogP contribution in [-0.2, 0) is 4.74 Å². The van der Waals surface area contributed by atoms with E-state index in [0.717, 1.165) is 23.2 Å². The second kappa shape index (κ2) is 10.4. The number of nitrogens with one attached hydrogen (secondary N) is 2. The fraction of sp³-hybridized carbons (Fsp3) is 0.364. The van der Waals surface area contributed by atoms with Gasteiger partial charge >= 0.3 is 0 Å². The standard InChI is InChI=1S/C22H27FN5OPS/c1-12(2)21(26)27-18(25)6-5-17(24)20-19(15-4-3-14(30)11-16(15)23)28-22(31-20)13-7-9-29-10-8-13/h3-6,11-13,24H,7-10,30H2,1-2H3,(H3,25,26,27)/b6-5-,24-17?. The van der Waals surface area contributed by atoms with Gasteiger partial charge in [0.25, 0.3) is 0 Å². The monoisotopic (exact) mass is 459 g/mol. The highest BCUT2D eigenvalue weighted by Crippen LogP contribution is 2.37. The average molecular weight is 460 g/mol. The molecule has 9 heteroatoms. The Morgan fingerprint density at radius 3 is 2.68 bits per heavy atom. The third kappa shape index (κ3) is 5.91. The molecule has 1 aromatic carbocycles. The summed E-state index contributed by atoms with van der Waals surface area (Å²) in [5.74, 6) is 0.217. The number of nitrogens with zero attached hydrogens (tertiary/aromatic N) is 2. The lowest BCUT2D eigenvalue weighted by Gasteiger charge is -2.19. The minimum absolute atomic E-state index is 0.0333. The van der Waals surface area contributed by atoms with Crippen molar-refractivity contribution in [3.05, 3.63) is 46.1 Å². The van der Waals surface area contributed by atoms with E-state index in [1.54, 1.807) is 12.1 Å². The lowest BCUT2D eigenvalue weighted by Crippen LogP contribution is -2.20. The minimum atomic E-state index is -0.378. The van der Waals surface area contributed by atoms with Crippen LogP contribution in [-0.4, -0.2) is 35.6 Å². The fourth-order valence-electron chi connectivity index (χ4n) is 3.09. The third-order valence-electron chi connectivity index (χ3n) is 4.96. The van der Waals surface area contributed by atoms with Crippen LogP contribution in [0.2, 0.25) is 0 Å². The molecule has 2 aromatic rings. The molecule has 2 heterocycles. The van der Waals surface area contributed by atoms with Crippen LogP contribution in [0.1, 0.15) is 42.5 Å². The van der Waals surface area contributed by atoms with Gasteiger partial charge in [-0.3, -0.25) is 10.8 Å². The predicted octanol–water partition coefficient (Wildman–Crippen LogP) is 4.26. The Labute approximate surface area is 188 Å². The van der Waals surface area contributed by atoms with Gasteiger partial charge in [-0.05, 0) is 42.4 Å². The number of ether oxygens (including phenoxy) is 1. The van der Waals surface area contributed by atoms with Crippen LogP contribution in [0.25, 0.3) is 11.3 Å². The first kappa shape index (κ1) is 23.4. The van der Waals surface area contributed by atoms with Crippen LogP contribution >= 0.6 is 20.6 Å². The number of nitrogens with two attached hydrogens (primary N) is 1. The van der Waals surface area contributed by atoms with Gasteiger partial charge in [0.2, 0.25) is 0 Å². The summed E-state index contributed by atoms with van der Waals surface area (Å²) < 4.78 is 20.2. The fourth-order valence-corrected chi connectivity index (χ4v) is 4.51. The molecule has 1 aliphatic rings. The smallest absolute Gasteiger partial charge is 0.146 e. The van der Waals surface area contributed by atoms with Crippen LogP contribution in [0, 0.1) is 22.6 Å². The Kier molecular flexibility index (Phi) is 7.81. The summed E-state index contributed by atoms with van der Waals surface area (Å²) in [5.41, 5.74) is 6.79. The van der Waals surface area contributed by atoms with Gasteiger partial charge in [0.1, 0.15) is 17.5 Å². The molecule has 1 fully saturated rings. The molecule has 164 valence electrons. The predicted molar refractivity (Wildman–Crippen MR) is 130 cm³/mol. The number of aromatic nitrogens is 1. The zero-order valence-corrected chi connectivity index (χ0v) is 19.6. The van der Waals surface area contributed by atoms with Crippen LogP contribution in [0.3, 0.4) is 0 Å². The Bertz CT molecular complexity index is 1040. The maximum atomic E-state index is 14.7. The van der Waals surface area contributed by atoms with Crippen molar-refractivity contribution >= 4 is 43.3 Å². The van der Waals surface area contributed by atoms with Crippen LogP contribution in [0.5, 0.6) is 0 Å². The van der Waals surface area contributed by atoms with E-state index in [9.17, 15) is 4.39 Å². The largest absolute Gasteiger partial charge is 0.387 e. The Morgan fingerprint density at radius 2 is 2.03 bits per heavy atom. The zero-order chi connectivity index (χ0) is 22.5. The van der Waals surface area contributed by atoms with Crippen molar-refractivity contribution in [2.24, 2.45) is 16.6 Å². The summed E-state index contributed by atoms with van der Waals surface area (Å²) in [4.78, 5) is 9.36. The summed E-state index contributed by atoms with van der Waals surface area (Å²) in [5, 5.41) is 18.2. The Hall–Kier alpha value is -2.28. The molecule has 1 aliphatic heterocycles. The first-order valence-electron chi connectivity index (χ1n) is 10.1. The highest BCUT2D eigenvalue weighted by Gasteiger charge is 2.24. The summed E-state index contributed by atoms with van der Waals surface area (Å²) >= 11 is 1.41. The van der Waals surface area contributed by atoms with Gasteiger partial charge < -0.3 is 10.5 Å². The van der Waals surface area contributed by atoms with Crippen molar-refractivity contribution in [3.63, 3.8) is 0 Å². The van der Waals surface area contributed by atoms with Crippen LogP contribution < -0.4 is 11.0 Å². The van der Waals surface area contributed by atoms with Crippen molar-refractivity contribution in [1.29, 1.82) is 10.8 Å². The van der Waals surface area contributed by atoms with E-state index in [2.05, 4.69) is 14.2 Å². The van der Waals surface area contributed by atoms with E-state index in [0.29, 0.717) is 35.2 Å². The molecular weight excluding hydrogens is 432 g/mol. The first-order valence-corrected chi connectivity index (χ1v) is 11.5. The highest BCUT2D eigenvalue weighted by atomic mass is 32.1.